The van der Waals surface area contributed by atoms with Gasteiger partial charge in [-0.05, 0) is 24.3 Å². The summed E-state index contributed by atoms with van der Waals surface area (Å²) >= 11 is 1.49. The van der Waals surface area contributed by atoms with Crippen molar-refractivity contribution in [3.63, 3.8) is 0 Å². The van der Waals surface area contributed by atoms with Crippen molar-refractivity contribution in [1.82, 2.24) is 0 Å². The van der Waals surface area contributed by atoms with Gasteiger partial charge in [0.25, 0.3) is 0 Å². The van der Waals surface area contributed by atoms with Gasteiger partial charge in [0, 0.05) is 16.9 Å². The Morgan fingerprint density at radius 2 is 2.23 bits per heavy atom. The highest BCUT2D eigenvalue weighted by Crippen LogP contribution is 2.31. The zero-order chi connectivity index (χ0) is 9.26. The predicted molar refractivity (Wildman–Crippen MR) is 51.0 cm³/mol. The Morgan fingerprint density at radius 3 is 2.77 bits per heavy atom. The highest BCUT2D eigenvalue weighted by Gasteiger charge is 2.30. The number of rotatable bonds is 4. The third-order valence-electron chi connectivity index (χ3n) is 2.21. The van der Waals surface area contributed by atoms with Crippen LogP contribution in [0.15, 0.2) is 16.8 Å². The number of hydrogen-bond acceptors (Lipinski definition) is 3. The summed E-state index contributed by atoms with van der Waals surface area (Å²) in [6.45, 7) is 0. The summed E-state index contributed by atoms with van der Waals surface area (Å²) in [7, 11) is 0. The molecule has 13 heavy (non-hydrogen) atoms. The van der Waals surface area contributed by atoms with Gasteiger partial charge in [0.1, 0.15) is 5.78 Å². The zero-order valence-electron chi connectivity index (χ0n) is 7.16. The van der Waals surface area contributed by atoms with Crippen molar-refractivity contribution < 1.29 is 9.59 Å². The summed E-state index contributed by atoms with van der Waals surface area (Å²) in [5, 5.41) is 3.65. The van der Waals surface area contributed by atoms with E-state index in [1.165, 1.54) is 11.3 Å². The molecule has 0 radical (unpaired) electrons. The molecule has 1 aliphatic carbocycles. The van der Waals surface area contributed by atoms with Crippen molar-refractivity contribution >= 4 is 22.9 Å². The molecule has 1 aliphatic rings. The average molecular weight is 194 g/mol. The van der Waals surface area contributed by atoms with E-state index in [9.17, 15) is 9.59 Å². The highest BCUT2D eigenvalue weighted by molar-refractivity contribution is 7.08. The van der Waals surface area contributed by atoms with E-state index >= 15 is 0 Å². The number of carbonyl (C=O) groups is 2. The summed E-state index contributed by atoms with van der Waals surface area (Å²) in [5.41, 5.74) is 0.680. The van der Waals surface area contributed by atoms with E-state index in [2.05, 4.69) is 0 Å². The van der Waals surface area contributed by atoms with Crippen LogP contribution in [0.5, 0.6) is 0 Å². The van der Waals surface area contributed by atoms with Crippen molar-refractivity contribution in [3.05, 3.63) is 22.4 Å². The molecule has 0 bridgehead atoms. The maximum Gasteiger partial charge on any atom is 0.171 e. The number of hydrogen-bond donors (Lipinski definition) is 0. The molecule has 0 aromatic carbocycles. The van der Waals surface area contributed by atoms with Crippen molar-refractivity contribution in [3.8, 4) is 0 Å². The second-order valence-electron chi connectivity index (χ2n) is 3.35. The molecule has 1 saturated carbocycles. The van der Waals surface area contributed by atoms with Gasteiger partial charge < -0.3 is 0 Å². The molecule has 0 unspecified atom stereocenters. The SMILES string of the molecule is O=C(CC(=O)C1CC1)c1ccsc1. The van der Waals surface area contributed by atoms with E-state index in [-0.39, 0.29) is 23.9 Å². The van der Waals surface area contributed by atoms with Gasteiger partial charge in [-0.1, -0.05) is 0 Å². The standard InChI is InChI=1S/C10H10O2S/c11-9(7-1-2-7)5-10(12)8-3-4-13-6-8/h3-4,6-7H,1-2,5H2. The normalized spacial score (nSPS) is 15.7. The molecule has 0 atom stereocenters. The maximum atomic E-state index is 11.4. The summed E-state index contributed by atoms with van der Waals surface area (Å²) in [4.78, 5) is 22.7. The topological polar surface area (TPSA) is 34.1 Å². The number of ketones is 2. The molecule has 1 aromatic rings. The summed E-state index contributed by atoms with van der Waals surface area (Å²) in [6.07, 6.45) is 2.06. The third-order valence-corrected chi connectivity index (χ3v) is 2.89. The monoisotopic (exact) mass is 194 g/mol. The fraction of sp³-hybridized carbons (Fsp3) is 0.400. The van der Waals surface area contributed by atoms with Gasteiger partial charge in [0.2, 0.25) is 0 Å². The van der Waals surface area contributed by atoms with Crippen LogP contribution in [-0.4, -0.2) is 11.6 Å². The van der Waals surface area contributed by atoms with E-state index < -0.39 is 0 Å². The second kappa shape index (κ2) is 3.42. The lowest BCUT2D eigenvalue weighted by molar-refractivity contribution is -0.119. The molecule has 68 valence electrons. The molecule has 0 saturated heterocycles. The molecule has 2 rings (SSSR count). The maximum absolute atomic E-state index is 11.4. The van der Waals surface area contributed by atoms with E-state index in [4.69, 9.17) is 0 Å². The molecular formula is C10H10O2S. The van der Waals surface area contributed by atoms with E-state index in [1.54, 1.807) is 11.4 Å². The number of Topliss-reactive ketones (excluding diaryl/α,β-unsaturated/α-hetero) is 2. The first kappa shape index (κ1) is 8.63. The van der Waals surface area contributed by atoms with E-state index in [1.807, 2.05) is 5.38 Å². The van der Waals surface area contributed by atoms with Crippen LogP contribution in [0.4, 0.5) is 0 Å². The molecule has 1 heterocycles. The van der Waals surface area contributed by atoms with Crippen molar-refractivity contribution in [2.75, 3.05) is 0 Å². The summed E-state index contributed by atoms with van der Waals surface area (Å²) < 4.78 is 0. The second-order valence-corrected chi connectivity index (χ2v) is 4.13. The minimum absolute atomic E-state index is 0.0295. The molecule has 0 spiro atoms. The minimum atomic E-state index is -0.0295. The van der Waals surface area contributed by atoms with Crippen molar-refractivity contribution in [1.29, 1.82) is 0 Å². The van der Waals surface area contributed by atoms with Crippen LogP contribution >= 0.6 is 11.3 Å². The van der Waals surface area contributed by atoms with E-state index in [0.717, 1.165) is 12.8 Å². The molecule has 0 amide bonds. The zero-order valence-corrected chi connectivity index (χ0v) is 7.97. The molecule has 0 aliphatic heterocycles. The Hall–Kier alpha value is -0.960. The minimum Gasteiger partial charge on any atom is -0.299 e. The van der Waals surface area contributed by atoms with Gasteiger partial charge in [0.15, 0.2) is 5.78 Å². The number of thiophene rings is 1. The van der Waals surface area contributed by atoms with Gasteiger partial charge in [-0.15, -0.1) is 0 Å². The lowest BCUT2D eigenvalue weighted by Crippen LogP contribution is -2.08. The molecule has 3 heteroatoms. The van der Waals surface area contributed by atoms with Crippen molar-refractivity contribution in [2.24, 2.45) is 5.92 Å². The van der Waals surface area contributed by atoms with Gasteiger partial charge in [-0.25, -0.2) is 0 Å². The van der Waals surface area contributed by atoms with Crippen LogP contribution < -0.4 is 0 Å². The Kier molecular flexibility index (Phi) is 2.27. The van der Waals surface area contributed by atoms with E-state index in [0.29, 0.717) is 5.56 Å². The van der Waals surface area contributed by atoms with Gasteiger partial charge in [-0.3, -0.25) is 9.59 Å². The van der Waals surface area contributed by atoms with Gasteiger partial charge in [-0.2, -0.15) is 11.3 Å². The lowest BCUT2D eigenvalue weighted by atomic mass is 10.1. The predicted octanol–water partition coefficient (Wildman–Crippen LogP) is 2.30. The molecule has 2 nitrogen and oxygen atoms in total. The molecule has 1 fully saturated rings. The Labute approximate surface area is 80.6 Å². The smallest absolute Gasteiger partial charge is 0.171 e. The molecular weight excluding hydrogens is 184 g/mol. The highest BCUT2D eigenvalue weighted by atomic mass is 32.1. The molecule has 0 N–H and O–H groups in total. The van der Waals surface area contributed by atoms with Crippen LogP contribution in [-0.2, 0) is 4.79 Å². The summed E-state index contributed by atoms with van der Waals surface area (Å²) in [5.74, 6) is 0.289. The fourth-order valence-corrected chi connectivity index (χ4v) is 1.89. The van der Waals surface area contributed by atoms with Gasteiger partial charge >= 0.3 is 0 Å². The fourth-order valence-electron chi connectivity index (χ4n) is 1.23. The molecule has 1 aromatic heterocycles. The first-order chi connectivity index (χ1) is 6.27. The van der Waals surface area contributed by atoms with Crippen LogP contribution in [0.25, 0.3) is 0 Å². The van der Waals surface area contributed by atoms with Crippen molar-refractivity contribution in [2.45, 2.75) is 19.3 Å². The van der Waals surface area contributed by atoms with Crippen LogP contribution in [0.3, 0.4) is 0 Å². The number of carbonyl (C=O) groups excluding carboxylic acids is 2. The first-order valence-electron chi connectivity index (χ1n) is 4.35. The van der Waals surface area contributed by atoms with Crippen LogP contribution in [0.2, 0.25) is 0 Å². The third kappa shape index (κ3) is 2.04. The Balaban J connectivity index is 1.95. The lowest BCUT2D eigenvalue weighted by Gasteiger charge is -1.95. The van der Waals surface area contributed by atoms with Crippen LogP contribution in [0.1, 0.15) is 29.6 Å². The Morgan fingerprint density at radius 1 is 1.46 bits per heavy atom. The largest absolute Gasteiger partial charge is 0.299 e. The summed E-state index contributed by atoms with van der Waals surface area (Å²) in [6, 6.07) is 1.77. The quantitative estimate of drug-likeness (QED) is 0.544. The van der Waals surface area contributed by atoms with Gasteiger partial charge in [0.05, 0.1) is 6.42 Å². The Bertz CT molecular complexity index is 323. The average Bonchev–Trinajstić information content (AvgIpc) is 2.81. The first-order valence-corrected chi connectivity index (χ1v) is 5.30. The van der Waals surface area contributed by atoms with Crippen LogP contribution in [0, 0.1) is 5.92 Å².